The van der Waals surface area contributed by atoms with E-state index in [-0.39, 0.29) is 0 Å². The maximum absolute atomic E-state index is 2.64. The van der Waals surface area contributed by atoms with Crippen LogP contribution in [0.15, 0.2) is 24.3 Å². The van der Waals surface area contributed by atoms with Gasteiger partial charge in [0.05, 0.1) is 0 Å². The Bertz CT molecular complexity index is 490. The van der Waals surface area contributed by atoms with Gasteiger partial charge in [-0.25, -0.2) is 0 Å². The van der Waals surface area contributed by atoms with Crippen molar-refractivity contribution in [1.82, 2.24) is 4.90 Å². The first-order valence-corrected chi connectivity index (χ1v) is 9.65. The van der Waals surface area contributed by atoms with Crippen molar-refractivity contribution in [3.8, 4) is 0 Å². The molecule has 1 heterocycles. The molecule has 0 bridgehead atoms. The average molecular weight is 315 g/mol. The van der Waals surface area contributed by atoms with Gasteiger partial charge in [0.1, 0.15) is 0 Å². The molecule has 2 aliphatic rings. The standard InChI is InChI=1S/C21H34N2/c1-4-13-22-14-16-23(17-15-22)20-8-6-5-7-19(20)18-9-11-21(2,3)12-10-18/h5-8,18H,4,9-17H2,1-3H3. The monoisotopic (exact) mass is 314 g/mol. The number of hydrogen-bond acceptors (Lipinski definition) is 2. The van der Waals surface area contributed by atoms with E-state index in [4.69, 9.17) is 0 Å². The van der Waals surface area contributed by atoms with E-state index in [9.17, 15) is 0 Å². The first-order chi connectivity index (χ1) is 11.1. The lowest BCUT2D eigenvalue weighted by atomic mass is 9.71. The fourth-order valence-electron chi connectivity index (χ4n) is 4.36. The summed E-state index contributed by atoms with van der Waals surface area (Å²) in [5.41, 5.74) is 3.69. The van der Waals surface area contributed by atoms with Crippen molar-refractivity contribution in [3.05, 3.63) is 29.8 Å². The number of nitrogens with zero attached hydrogens (tertiary/aromatic N) is 2. The Balaban J connectivity index is 1.69. The predicted molar refractivity (Wildman–Crippen MR) is 100 cm³/mol. The van der Waals surface area contributed by atoms with Gasteiger partial charge in [0.2, 0.25) is 0 Å². The highest BCUT2D eigenvalue weighted by molar-refractivity contribution is 5.55. The number of piperazine rings is 1. The average Bonchev–Trinajstić information content (AvgIpc) is 2.56. The molecule has 0 spiro atoms. The summed E-state index contributed by atoms with van der Waals surface area (Å²) >= 11 is 0. The quantitative estimate of drug-likeness (QED) is 0.779. The van der Waals surface area contributed by atoms with Crippen molar-refractivity contribution < 1.29 is 0 Å². The van der Waals surface area contributed by atoms with Crippen molar-refractivity contribution in [2.24, 2.45) is 5.41 Å². The molecule has 0 aromatic heterocycles. The van der Waals surface area contributed by atoms with Crippen LogP contribution in [-0.2, 0) is 0 Å². The van der Waals surface area contributed by atoms with E-state index in [1.165, 1.54) is 70.5 Å². The summed E-state index contributed by atoms with van der Waals surface area (Å²) < 4.78 is 0. The van der Waals surface area contributed by atoms with E-state index in [2.05, 4.69) is 54.8 Å². The van der Waals surface area contributed by atoms with Gasteiger partial charge < -0.3 is 4.90 Å². The second kappa shape index (κ2) is 7.25. The summed E-state index contributed by atoms with van der Waals surface area (Å²) in [7, 11) is 0. The Hall–Kier alpha value is -1.02. The van der Waals surface area contributed by atoms with Crippen LogP contribution >= 0.6 is 0 Å². The van der Waals surface area contributed by atoms with Crippen LogP contribution in [0.4, 0.5) is 5.69 Å². The Kier molecular flexibility index (Phi) is 5.31. The fourth-order valence-corrected chi connectivity index (χ4v) is 4.36. The number of benzene rings is 1. The molecule has 3 rings (SSSR count). The normalized spacial score (nSPS) is 23.2. The second-order valence-corrected chi connectivity index (χ2v) is 8.33. The van der Waals surface area contributed by atoms with Gasteiger partial charge in [-0.1, -0.05) is 39.0 Å². The van der Waals surface area contributed by atoms with Crippen molar-refractivity contribution in [1.29, 1.82) is 0 Å². The van der Waals surface area contributed by atoms with Gasteiger partial charge in [-0.2, -0.15) is 0 Å². The first-order valence-electron chi connectivity index (χ1n) is 9.65. The molecule has 0 N–H and O–H groups in total. The van der Waals surface area contributed by atoms with Gasteiger partial charge in [0.25, 0.3) is 0 Å². The third kappa shape index (κ3) is 4.09. The summed E-state index contributed by atoms with van der Waals surface area (Å²) in [5.74, 6) is 0.771. The van der Waals surface area contributed by atoms with Crippen LogP contribution in [0.25, 0.3) is 0 Å². The van der Waals surface area contributed by atoms with Gasteiger partial charge in [-0.3, -0.25) is 4.90 Å². The number of para-hydroxylation sites is 1. The Labute approximate surface area is 142 Å². The Morgan fingerprint density at radius 1 is 1.00 bits per heavy atom. The Morgan fingerprint density at radius 3 is 2.30 bits per heavy atom. The zero-order valence-electron chi connectivity index (χ0n) is 15.4. The first kappa shape index (κ1) is 16.8. The minimum absolute atomic E-state index is 0.553. The summed E-state index contributed by atoms with van der Waals surface area (Å²) in [4.78, 5) is 5.25. The lowest BCUT2D eigenvalue weighted by Gasteiger charge is -2.39. The number of hydrogen-bond donors (Lipinski definition) is 0. The SMILES string of the molecule is CCCN1CCN(c2ccccc2C2CCC(C)(C)CC2)CC1. The van der Waals surface area contributed by atoms with E-state index >= 15 is 0 Å². The van der Waals surface area contributed by atoms with Gasteiger partial charge in [-0.15, -0.1) is 0 Å². The van der Waals surface area contributed by atoms with E-state index < -0.39 is 0 Å². The van der Waals surface area contributed by atoms with Crippen LogP contribution in [0.1, 0.15) is 64.4 Å². The van der Waals surface area contributed by atoms with Crippen molar-refractivity contribution in [2.75, 3.05) is 37.6 Å². The summed E-state index contributed by atoms with van der Waals surface area (Å²) in [6.45, 7) is 13.2. The summed E-state index contributed by atoms with van der Waals surface area (Å²) in [6, 6.07) is 9.23. The molecule has 128 valence electrons. The second-order valence-electron chi connectivity index (χ2n) is 8.33. The van der Waals surface area contributed by atoms with Crippen LogP contribution in [0.5, 0.6) is 0 Å². The maximum Gasteiger partial charge on any atom is 0.0402 e. The topological polar surface area (TPSA) is 6.48 Å². The molecule has 2 fully saturated rings. The largest absolute Gasteiger partial charge is 0.369 e. The molecular weight excluding hydrogens is 280 g/mol. The minimum atomic E-state index is 0.553. The van der Waals surface area contributed by atoms with E-state index in [1.54, 1.807) is 5.56 Å². The van der Waals surface area contributed by atoms with Crippen molar-refractivity contribution >= 4 is 5.69 Å². The number of anilines is 1. The van der Waals surface area contributed by atoms with Crippen LogP contribution in [-0.4, -0.2) is 37.6 Å². The molecule has 23 heavy (non-hydrogen) atoms. The van der Waals surface area contributed by atoms with Gasteiger partial charge in [-0.05, 0) is 61.6 Å². The van der Waals surface area contributed by atoms with Gasteiger partial charge >= 0.3 is 0 Å². The van der Waals surface area contributed by atoms with Crippen LogP contribution in [0.2, 0.25) is 0 Å². The molecule has 2 nitrogen and oxygen atoms in total. The highest BCUT2D eigenvalue weighted by atomic mass is 15.3. The molecule has 1 saturated carbocycles. The summed E-state index contributed by atoms with van der Waals surface area (Å²) in [6.07, 6.45) is 6.74. The summed E-state index contributed by atoms with van der Waals surface area (Å²) in [5, 5.41) is 0. The maximum atomic E-state index is 2.64. The van der Waals surface area contributed by atoms with Crippen LogP contribution < -0.4 is 4.90 Å². The smallest absolute Gasteiger partial charge is 0.0402 e. The number of rotatable bonds is 4. The van der Waals surface area contributed by atoms with E-state index in [0.29, 0.717) is 5.41 Å². The van der Waals surface area contributed by atoms with Gasteiger partial charge in [0.15, 0.2) is 0 Å². The highest BCUT2D eigenvalue weighted by Gasteiger charge is 2.29. The molecule has 0 atom stereocenters. The molecule has 2 heteroatoms. The molecule has 1 aliphatic carbocycles. The molecule has 1 saturated heterocycles. The van der Waals surface area contributed by atoms with Crippen molar-refractivity contribution in [3.63, 3.8) is 0 Å². The third-order valence-corrected chi connectivity index (χ3v) is 5.97. The van der Waals surface area contributed by atoms with Crippen LogP contribution in [0.3, 0.4) is 0 Å². The van der Waals surface area contributed by atoms with Gasteiger partial charge in [0, 0.05) is 31.9 Å². The molecule has 1 aromatic rings. The molecule has 0 unspecified atom stereocenters. The zero-order chi connectivity index (χ0) is 16.3. The molecule has 0 radical (unpaired) electrons. The lowest BCUT2D eigenvalue weighted by molar-refractivity contribution is 0.224. The molecule has 1 aromatic carbocycles. The molecule has 0 amide bonds. The van der Waals surface area contributed by atoms with Crippen LogP contribution in [0, 0.1) is 5.41 Å². The fraction of sp³-hybridized carbons (Fsp3) is 0.714. The Morgan fingerprint density at radius 2 is 1.65 bits per heavy atom. The molecule has 1 aliphatic heterocycles. The van der Waals surface area contributed by atoms with E-state index in [1.807, 2.05) is 0 Å². The van der Waals surface area contributed by atoms with Crippen molar-refractivity contribution in [2.45, 2.75) is 58.8 Å². The highest BCUT2D eigenvalue weighted by Crippen LogP contribution is 2.44. The molecular formula is C21H34N2. The minimum Gasteiger partial charge on any atom is -0.369 e. The third-order valence-electron chi connectivity index (χ3n) is 5.97. The lowest BCUT2D eigenvalue weighted by Crippen LogP contribution is -2.46. The van der Waals surface area contributed by atoms with E-state index in [0.717, 1.165) is 5.92 Å². The zero-order valence-corrected chi connectivity index (χ0v) is 15.4. The predicted octanol–water partition coefficient (Wildman–Crippen LogP) is 4.90.